The van der Waals surface area contributed by atoms with Crippen LogP contribution in [0, 0.1) is 7.43 Å². The molecule has 0 bridgehead atoms. The smallest absolute Gasteiger partial charge is 0.216 e. The quantitative estimate of drug-likeness (QED) is 0.379. The Bertz CT molecular complexity index is 127. The van der Waals surface area contributed by atoms with E-state index in [9.17, 15) is 4.79 Å². The monoisotopic (exact) mass is 174 g/mol. The molecule has 0 aliphatic rings. The van der Waals surface area contributed by atoms with Gasteiger partial charge >= 0.3 is 0 Å². The minimum Gasteiger partial charge on any atom is -0.358 e. The van der Waals surface area contributed by atoms with Gasteiger partial charge in [0.1, 0.15) is 0 Å². The van der Waals surface area contributed by atoms with Crippen molar-refractivity contribution in [2.45, 2.75) is 13.3 Å². The molecule has 12 heavy (non-hydrogen) atoms. The molecule has 0 saturated heterocycles. The minimum absolute atomic E-state index is 0. The highest BCUT2D eigenvalue weighted by Crippen LogP contribution is 1.91. The van der Waals surface area contributed by atoms with Crippen molar-refractivity contribution in [2.75, 3.05) is 34.2 Å². The molecule has 74 valence electrons. The van der Waals surface area contributed by atoms with Crippen molar-refractivity contribution < 1.29 is 9.28 Å². The number of hydrogen-bond donors (Lipinski definition) is 1. The fraction of sp³-hybridized carbons (Fsp3) is 0.778. The van der Waals surface area contributed by atoms with Crippen LogP contribution in [-0.2, 0) is 4.79 Å². The third kappa shape index (κ3) is 12.1. The van der Waals surface area contributed by atoms with E-state index in [2.05, 4.69) is 26.5 Å². The third-order valence-corrected chi connectivity index (χ3v) is 1.38. The number of hydrogen-bond acceptors (Lipinski definition) is 1. The Labute approximate surface area is 76.3 Å². The van der Waals surface area contributed by atoms with Gasteiger partial charge in [-0.3, -0.25) is 4.79 Å². The molecule has 0 aromatic heterocycles. The molecule has 3 heteroatoms. The van der Waals surface area contributed by atoms with Crippen LogP contribution in [0.5, 0.6) is 0 Å². The summed E-state index contributed by atoms with van der Waals surface area (Å²) in [6.45, 7) is 3.44. The second kappa shape index (κ2) is 6.00. The number of carbonyl (C=O) groups is 1. The van der Waals surface area contributed by atoms with Gasteiger partial charge in [-0.2, -0.15) is 0 Å². The van der Waals surface area contributed by atoms with E-state index in [-0.39, 0.29) is 13.3 Å². The predicted octanol–water partition coefficient (Wildman–Crippen LogP) is 0.669. The molecule has 1 N–H and O–H groups in total. The van der Waals surface area contributed by atoms with Crippen LogP contribution in [0.15, 0.2) is 0 Å². The van der Waals surface area contributed by atoms with E-state index in [4.69, 9.17) is 0 Å². The zero-order chi connectivity index (χ0) is 8.91. The average molecular weight is 174 g/mol. The summed E-state index contributed by atoms with van der Waals surface area (Å²) in [4.78, 5) is 10.5. The molecule has 0 heterocycles. The molecular formula is C9H22N2O. The van der Waals surface area contributed by atoms with Gasteiger partial charge in [-0.15, -0.1) is 0 Å². The molecule has 1 amide bonds. The number of carbonyl (C=O) groups excluding carboxylic acids is 1. The van der Waals surface area contributed by atoms with Gasteiger partial charge in [-0.1, -0.05) is 0 Å². The van der Waals surface area contributed by atoms with Crippen LogP contribution < -0.4 is 5.32 Å². The summed E-state index contributed by atoms with van der Waals surface area (Å²) in [5.41, 5.74) is 0. The van der Waals surface area contributed by atoms with Crippen LogP contribution in [0.4, 0.5) is 0 Å². The number of quaternary nitrogens is 1. The van der Waals surface area contributed by atoms with E-state index in [1.54, 1.807) is 6.92 Å². The Balaban J connectivity index is 0. The van der Waals surface area contributed by atoms with Gasteiger partial charge in [0, 0.05) is 19.9 Å². The van der Waals surface area contributed by atoms with Gasteiger partial charge in [0.15, 0.2) is 0 Å². The zero-order valence-electron chi connectivity index (χ0n) is 8.98. The first-order chi connectivity index (χ1) is 4.92. The van der Waals surface area contributed by atoms with Gasteiger partial charge < -0.3 is 17.2 Å². The molecule has 0 fully saturated rings. The summed E-state index contributed by atoms with van der Waals surface area (Å²) in [5.74, 6) is 0.0615. The summed E-state index contributed by atoms with van der Waals surface area (Å²) < 4.78 is 0.958. The third-order valence-electron chi connectivity index (χ3n) is 1.38. The molecular weight excluding hydrogens is 152 g/mol. The summed E-state index contributed by atoms with van der Waals surface area (Å²) in [5, 5.41) is 2.77. The second-order valence-electron chi connectivity index (χ2n) is 3.85. The lowest BCUT2D eigenvalue weighted by Crippen LogP contribution is -2.37. The van der Waals surface area contributed by atoms with Crippen molar-refractivity contribution in [1.82, 2.24) is 5.32 Å². The van der Waals surface area contributed by atoms with E-state index < -0.39 is 0 Å². The lowest BCUT2D eigenvalue weighted by Gasteiger charge is -2.23. The standard InChI is InChI=1S/C8H18N2O.CH3/c1-8(11)9-6-5-7-10(2,3)4;/h5-7H2,1-4H3;1H3/q;-1/p+1. The van der Waals surface area contributed by atoms with Crippen LogP contribution >= 0.6 is 0 Å². The van der Waals surface area contributed by atoms with Gasteiger partial charge in [0.2, 0.25) is 5.91 Å². The van der Waals surface area contributed by atoms with Crippen LogP contribution in [0.25, 0.3) is 0 Å². The summed E-state index contributed by atoms with van der Waals surface area (Å²) >= 11 is 0. The largest absolute Gasteiger partial charge is 0.358 e. The fourth-order valence-corrected chi connectivity index (χ4v) is 0.818. The minimum atomic E-state index is 0. The number of nitrogens with zero attached hydrogens (tertiary/aromatic N) is 1. The van der Waals surface area contributed by atoms with Gasteiger partial charge in [0.05, 0.1) is 27.7 Å². The Kier molecular flexibility index (Phi) is 6.99. The van der Waals surface area contributed by atoms with Crippen molar-refractivity contribution in [2.24, 2.45) is 0 Å². The lowest BCUT2D eigenvalue weighted by atomic mass is 10.3. The maximum absolute atomic E-state index is 10.5. The molecule has 0 aliphatic heterocycles. The van der Waals surface area contributed by atoms with Crippen LogP contribution in [0.1, 0.15) is 13.3 Å². The van der Waals surface area contributed by atoms with Crippen molar-refractivity contribution in [3.8, 4) is 0 Å². The summed E-state index contributed by atoms with van der Waals surface area (Å²) in [6.07, 6.45) is 1.04. The molecule has 0 atom stereocenters. The van der Waals surface area contributed by atoms with E-state index in [1.807, 2.05) is 0 Å². The van der Waals surface area contributed by atoms with Crippen LogP contribution in [-0.4, -0.2) is 44.6 Å². The lowest BCUT2D eigenvalue weighted by molar-refractivity contribution is -0.870. The average Bonchev–Trinajstić information content (AvgIpc) is 1.78. The topological polar surface area (TPSA) is 29.1 Å². The normalized spacial score (nSPS) is 10.3. The Morgan fingerprint density at radius 3 is 2.17 bits per heavy atom. The van der Waals surface area contributed by atoms with E-state index >= 15 is 0 Å². The van der Waals surface area contributed by atoms with E-state index in [0.717, 1.165) is 24.0 Å². The van der Waals surface area contributed by atoms with Gasteiger partial charge in [-0.25, -0.2) is 0 Å². The molecule has 3 nitrogen and oxygen atoms in total. The van der Waals surface area contributed by atoms with Crippen molar-refractivity contribution in [1.29, 1.82) is 0 Å². The van der Waals surface area contributed by atoms with Crippen LogP contribution in [0.2, 0.25) is 0 Å². The van der Waals surface area contributed by atoms with Crippen molar-refractivity contribution >= 4 is 5.91 Å². The SMILES string of the molecule is CC(=O)NCCC[N+](C)(C)C.[CH3-]. The number of rotatable bonds is 4. The first-order valence-corrected chi connectivity index (χ1v) is 3.97. The highest BCUT2D eigenvalue weighted by atomic mass is 16.1. The fourth-order valence-electron chi connectivity index (χ4n) is 0.818. The Morgan fingerprint density at radius 1 is 1.33 bits per heavy atom. The molecule has 0 rings (SSSR count). The van der Waals surface area contributed by atoms with Gasteiger partial charge in [0.25, 0.3) is 0 Å². The molecule has 0 unspecified atom stereocenters. The maximum atomic E-state index is 10.5. The predicted molar refractivity (Wildman–Crippen MR) is 52.6 cm³/mol. The summed E-state index contributed by atoms with van der Waals surface area (Å²) in [6, 6.07) is 0. The molecule has 0 aromatic rings. The Morgan fingerprint density at radius 2 is 1.83 bits per heavy atom. The first kappa shape index (κ1) is 14.0. The van der Waals surface area contributed by atoms with Crippen molar-refractivity contribution in [3.63, 3.8) is 0 Å². The van der Waals surface area contributed by atoms with Crippen LogP contribution in [0.3, 0.4) is 0 Å². The Hall–Kier alpha value is -0.570. The first-order valence-electron chi connectivity index (χ1n) is 3.97. The zero-order valence-corrected chi connectivity index (χ0v) is 8.98. The molecule has 0 spiro atoms. The second-order valence-corrected chi connectivity index (χ2v) is 3.85. The number of amides is 1. The highest BCUT2D eigenvalue weighted by molar-refractivity contribution is 5.72. The van der Waals surface area contributed by atoms with E-state index in [0.29, 0.717) is 0 Å². The van der Waals surface area contributed by atoms with Gasteiger partial charge in [-0.05, 0) is 0 Å². The van der Waals surface area contributed by atoms with Crippen molar-refractivity contribution in [3.05, 3.63) is 7.43 Å². The molecule has 0 aliphatic carbocycles. The maximum Gasteiger partial charge on any atom is 0.216 e. The summed E-state index contributed by atoms with van der Waals surface area (Å²) in [7, 11) is 6.44. The highest BCUT2D eigenvalue weighted by Gasteiger charge is 2.04. The molecule has 0 aromatic carbocycles. The molecule has 0 saturated carbocycles. The number of nitrogens with one attached hydrogen (secondary N) is 1. The molecule has 0 radical (unpaired) electrons. The van der Waals surface area contributed by atoms with E-state index in [1.165, 1.54) is 0 Å².